The maximum Gasteiger partial charge on any atom is 0.257 e. The van der Waals surface area contributed by atoms with Crippen molar-refractivity contribution in [3.8, 4) is 5.75 Å². The fourth-order valence-corrected chi connectivity index (χ4v) is 2.11. The Balaban J connectivity index is 1.61. The molecule has 0 saturated carbocycles. The van der Waals surface area contributed by atoms with Gasteiger partial charge in [0.25, 0.3) is 5.91 Å². The van der Waals surface area contributed by atoms with Crippen molar-refractivity contribution in [1.29, 1.82) is 0 Å². The van der Waals surface area contributed by atoms with Gasteiger partial charge in [0.2, 0.25) is 0 Å². The van der Waals surface area contributed by atoms with E-state index in [1.807, 2.05) is 37.4 Å². The van der Waals surface area contributed by atoms with Crippen LogP contribution in [-0.4, -0.2) is 28.6 Å². The summed E-state index contributed by atoms with van der Waals surface area (Å²) >= 11 is 3.35. The lowest BCUT2D eigenvalue weighted by molar-refractivity contribution is -0.123. The van der Waals surface area contributed by atoms with E-state index in [4.69, 9.17) is 4.74 Å². The van der Waals surface area contributed by atoms with Crippen molar-refractivity contribution in [1.82, 2.24) is 14.9 Å². The number of nitrogens with one attached hydrogen (secondary N) is 1. The number of ether oxygens (including phenoxy) is 1. The Kier molecular flexibility index (Phi) is 5.80. The summed E-state index contributed by atoms with van der Waals surface area (Å²) in [6.07, 6.45) is 4.58. The number of hydrogen-bond acceptors (Lipinski definition) is 3. The van der Waals surface area contributed by atoms with Gasteiger partial charge in [-0.25, -0.2) is 4.98 Å². The van der Waals surface area contributed by atoms with Crippen molar-refractivity contribution in [2.24, 2.45) is 0 Å². The van der Waals surface area contributed by atoms with Gasteiger partial charge in [-0.2, -0.15) is 0 Å². The van der Waals surface area contributed by atoms with Crippen LogP contribution in [0.4, 0.5) is 0 Å². The van der Waals surface area contributed by atoms with Crippen LogP contribution in [0.3, 0.4) is 0 Å². The van der Waals surface area contributed by atoms with Gasteiger partial charge >= 0.3 is 0 Å². The van der Waals surface area contributed by atoms with Gasteiger partial charge in [0.15, 0.2) is 6.61 Å². The summed E-state index contributed by atoms with van der Waals surface area (Å²) in [7, 11) is 0. The Hall–Kier alpha value is -1.82. The number of amides is 1. The molecule has 0 spiro atoms. The zero-order valence-corrected chi connectivity index (χ0v) is 13.5. The predicted octanol–water partition coefficient (Wildman–Crippen LogP) is 2.54. The van der Waals surface area contributed by atoms with E-state index >= 15 is 0 Å². The van der Waals surface area contributed by atoms with Crippen LogP contribution >= 0.6 is 15.9 Å². The van der Waals surface area contributed by atoms with Crippen molar-refractivity contribution in [3.63, 3.8) is 0 Å². The molecule has 21 heavy (non-hydrogen) atoms. The van der Waals surface area contributed by atoms with E-state index in [1.165, 1.54) is 0 Å². The van der Waals surface area contributed by atoms with E-state index in [9.17, 15) is 4.79 Å². The van der Waals surface area contributed by atoms with Crippen LogP contribution in [-0.2, 0) is 11.3 Å². The van der Waals surface area contributed by atoms with Crippen molar-refractivity contribution in [2.45, 2.75) is 19.9 Å². The summed E-state index contributed by atoms with van der Waals surface area (Å²) in [6.45, 7) is 3.47. The second-order valence-electron chi connectivity index (χ2n) is 4.61. The number of aromatic nitrogens is 2. The second kappa shape index (κ2) is 7.83. The number of carbonyl (C=O) groups excluding carboxylic acids is 1. The molecule has 2 aromatic rings. The third-order valence-electron chi connectivity index (χ3n) is 3.01. The molecule has 0 radical (unpaired) electrons. The molecule has 1 aromatic heterocycles. The van der Waals surface area contributed by atoms with Crippen molar-refractivity contribution >= 4 is 21.8 Å². The molecule has 0 unspecified atom stereocenters. The van der Waals surface area contributed by atoms with Gasteiger partial charge in [-0.15, -0.1) is 0 Å². The Morgan fingerprint density at radius 2 is 2.14 bits per heavy atom. The van der Waals surface area contributed by atoms with Crippen LogP contribution in [0.2, 0.25) is 0 Å². The van der Waals surface area contributed by atoms with Gasteiger partial charge in [-0.3, -0.25) is 4.79 Å². The maximum atomic E-state index is 11.6. The van der Waals surface area contributed by atoms with E-state index in [0.717, 1.165) is 23.3 Å². The van der Waals surface area contributed by atoms with Crippen LogP contribution < -0.4 is 10.1 Å². The van der Waals surface area contributed by atoms with Gasteiger partial charge in [0, 0.05) is 30.0 Å². The maximum absolute atomic E-state index is 11.6. The van der Waals surface area contributed by atoms with Crippen LogP contribution in [0.15, 0.2) is 41.1 Å². The summed E-state index contributed by atoms with van der Waals surface area (Å²) in [5.41, 5.74) is 0. The van der Waals surface area contributed by atoms with E-state index < -0.39 is 0 Å². The molecule has 5 nitrogen and oxygen atoms in total. The first-order chi connectivity index (χ1) is 10.1. The smallest absolute Gasteiger partial charge is 0.257 e. The molecule has 1 heterocycles. The molecule has 0 aliphatic heterocycles. The molecule has 1 aromatic carbocycles. The van der Waals surface area contributed by atoms with Gasteiger partial charge in [-0.05, 0) is 37.6 Å². The minimum atomic E-state index is -0.111. The first-order valence-corrected chi connectivity index (χ1v) is 7.57. The molecular formula is C15H18BrN3O2. The first-order valence-electron chi connectivity index (χ1n) is 6.78. The van der Waals surface area contributed by atoms with Crippen LogP contribution in [0.1, 0.15) is 12.2 Å². The Morgan fingerprint density at radius 1 is 1.38 bits per heavy atom. The Morgan fingerprint density at radius 3 is 2.81 bits per heavy atom. The molecule has 0 saturated heterocycles. The zero-order chi connectivity index (χ0) is 15.1. The Labute approximate surface area is 132 Å². The highest BCUT2D eigenvalue weighted by atomic mass is 79.9. The molecule has 2 rings (SSSR count). The summed E-state index contributed by atoms with van der Waals surface area (Å²) in [4.78, 5) is 15.8. The second-order valence-corrected chi connectivity index (χ2v) is 5.53. The number of aryl methyl sites for hydroxylation is 2. The molecule has 0 bridgehead atoms. The number of nitrogens with zero attached hydrogens (tertiary/aromatic N) is 2. The minimum absolute atomic E-state index is 0.0335. The number of halogens is 1. The van der Waals surface area contributed by atoms with Crippen molar-refractivity contribution < 1.29 is 9.53 Å². The molecule has 6 heteroatoms. The highest BCUT2D eigenvalue weighted by Crippen LogP contribution is 2.15. The molecular weight excluding hydrogens is 334 g/mol. The molecule has 0 aliphatic rings. The normalized spacial score (nSPS) is 10.4. The summed E-state index contributed by atoms with van der Waals surface area (Å²) in [6, 6.07) is 7.39. The molecule has 0 aliphatic carbocycles. The topological polar surface area (TPSA) is 56.2 Å². The number of carbonyl (C=O) groups is 1. The van der Waals surface area contributed by atoms with Crippen LogP contribution in [0.5, 0.6) is 5.75 Å². The van der Waals surface area contributed by atoms with Crippen molar-refractivity contribution in [3.05, 3.63) is 47.0 Å². The molecule has 0 fully saturated rings. The summed E-state index contributed by atoms with van der Waals surface area (Å²) in [5, 5.41) is 2.84. The van der Waals surface area contributed by atoms with Crippen LogP contribution in [0.25, 0.3) is 0 Å². The highest BCUT2D eigenvalue weighted by Gasteiger charge is 2.02. The number of hydrogen-bond donors (Lipinski definition) is 1. The summed E-state index contributed by atoms with van der Waals surface area (Å²) < 4.78 is 8.44. The van der Waals surface area contributed by atoms with Crippen molar-refractivity contribution in [2.75, 3.05) is 13.2 Å². The predicted molar refractivity (Wildman–Crippen MR) is 84.2 cm³/mol. The van der Waals surface area contributed by atoms with Gasteiger partial charge < -0.3 is 14.6 Å². The first kappa shape index (κ1) is 15.6. The summed E-state index contributed by atoms with van der Waals surface area (Å²) in [5.74, 6) is 1.56. The zero-order valence-electron chi connectivity index (χ0n) is 11.9. The van der Waals surface area contributed by atoms with E-state index in [-0.39, 0.29) is 12.5 Å². The van der Waals surface area contributed by atoms with Gasteiger partial charge in [-0.1, -0.05) is 15.9 Å². The van der Waals surface area contributed by atoms with E-state index in [2.05, 4.69) is 30.8 Å². The SMILES string of the molecule is Cc1nccn1CCCNC(=O)COc1ccc(Br)cc1. The minimum Gasteiger partial charge on any atom is -0.484 e. The monoisotopic (exact) mass is 351 g/mol. The number of benzene rings is 1. The van der Waals surface area contributed by atoms with Crippen LogP contribution in [0, 0.1) is 6.92 Å². The van der Waals surface area contributed by atoms with E-state index in [1.54, 1.807) is 6.20 Å². The lowest BCUT2D eigenvalue weighted by Gasteiger charge is -2.08. The largest absolute Gasteiger partial charge is 0.484 e. The number of rotatable bonds is 7. The standard InChI is InChI=1S/C15H18BrN3O2/c1-12-17-8-10-19(12)9-2-7-18-15(20)11-21-14-5-3-13(16)4-6-14/h3-6,8,10H,2,7,9,11H2,1H3,(H,18,20). The molecule has 112 valence electrons. The molecule has 1 amide bonds. The Bertz CT molecular complexity index is 581. The highest BCUT2D eigenvalue weighted by molar-refractivity contribution is 9.10. The van der Waals surface area contributed by atoms with Gasteiger partial charge in [0.1, 0.15) is 11.6 Å². The third-order valence-corrected chi connectivity index (χ3v) is 3.53. The average Bonchev–Trinajstić information content (AvgIpc) is 2.88. The van der Waals surface area contributed by atoms with E-state index in [0.29, 0.717) is 12.3 Å². The fourth-order valence-electron chi connectivity index (χ4n) is 1.85. The third kappa shape index (κ3) is 5.23. The lowest BCUT2D eigenvalue weighted by atomic mass is 10.3. The number of imidazole rings is 1. The lowest BCUT2D eigenvalue weighted by Crippen LogP contribution is -2.30. The van der Waals surface area contributed by atoms with Gasteiger partial charge in [0.05, 0.1) is 0 Å². The molecule has 0 atom stereocenters. The average molecular weight is 352 g/mol. The quantitative estimate of drug-likeness (QED) is 0.780. The molecule has 1 N–H and O–H groups in total. The fraction of sp³-hybridized carbons (Fsp3) is 0.333.